The molecular formula is C14H16N2O4. The summed E-state index contributed by atoms with van der Waals surface area (Å²) in [7, 11) is 0. The molecule has 6 nitrogen and oxygen atoms in total. The molecule has 0 spiro atoms. The maximum absolute atomic E-state index is 11.8. The molecule has 1 saturated heterocycles. The molecule has 20 heavy (non-hydrogen) atoms. The smallest absolute Gasteiger partial charge is 0.249 e. The van der Waals surface area contributed by atoms with Crippen molar-refractivity contribution < 1.29 is 19.5 Å². The summed E-state index contributed by atoms with van der Waals surface area (Å²) < 4.78 is 0. The van der Waals surface area contributed by atoms with E-state index in [9.17, 15) is 19.5 Å². The molecule has 6 heteroatoms. The Morgan fingerprint density at radius 3 is 2.70 bits per heavy atom. The quantitative estimate of drug-likeness (QED) is 0.631. The van der Waals surface area contributed by atoms with Crippen molar-refractivity contribution in [1.82, 2.24) is 5.32 Å². The van der Waals surface area contributed by atoms with E-state index in [-0.39, 0.29) is 35.5 Å². The van der Waals surface area contributed by atoms with Crippen molar-refractivity contribution in [1.29, 1.82) is 0 Å². The second-order valence-corrected chi connectivity index (χ2v) is 4.72. The van der Waals surface area contributed by atoms with Gasteiger partial charge in [-0.15, -0.1) is 0 Å². The Morgan fingerprint density at radius 2 is 2.15 bits per heavy atom. The summed E-state index contributed by atoms with van der Waals surface area (Å²) in [6, 6.07) is 4.07. The molecule has 0 aliphatic carbocycles. The highest BCUT2D eigenvalue weighted by Gasteiger charge is 2.32. The van der Waals surface area contributed by atoms with Gasteiger partial charge >= 0.3 is 0 Å². The summed E-state index contributed by atoms with van der Waals surface area (Å²) in [5.41, 5.74) is 0.761. The average Bonchev–Trinajstić information content (AvgIpc) is 2.37. The number of hydrogen-bond donors (Lipinski definition) is 2. The summed E-state index contributed by atoms with van der Waals surface area (Å²) in [6.07, 6.45) is 0.536. The van der Waals surface area contributed by atoms with Crippen molar-refractivity contribution in [2.45, 2.75) is 26.3 Å². The minimum atomic E-state index is -0.463. The molecule has 1 heterocycles. The number of amides is 2. The number of imide groups is 1. The fraction of sp³-hybridized carbons (Fsp3) is 0.357. The molecule has 0 aromatic heterocycles. The lowest BCUT2D eigenvalue weighted by molar-refractivity contribution is -0.132. The fourth-order valence-corrected chi connectivity index (χ4v) is 2.34. The number of phenols is 1. The second-order valence-electron chi connectivity index (χ2n) is 4.72. The Hall–Kier alpha value is -2.37. The first-order valence-electron chi connectivity index (χ1n) is 6.38. The number of anilines is 1. The molecular weight excluding hydrogens is 260 g/mol. The topological polar surface area (TPSA) is 86.7 Å². The van der Waals surface area contributed by atoms with Crippen molar-refractivity contribution in [2.75, 3.05) is 11.4 Å². The minimum Gasteiger partial charge on any atom is -0.507 e. The normalized spacial score (nSPS) is 18.9. The van der Waals surface area contributed by atoms with E-state index in [4.69, 9.17) is 0 Å². The summed E-state index contributed by atoms with van der Waals surface area (Å²) in [5.74, 6) is -1.12. The van der Waals surface area contributed by atoms with Gasteiger partial charge in [0.2, 0.25) is 11.8 Å². The molecule has 106 valence electrons. The number of rotatable bonds is 3. The van der Waals surface area contributed by atoms with Gasteiger partial charge < -0.3 is 10.0 Å². The number of phenolic OH excluding ortho intramolecular Hbond substituents is 1. The van der Waals surface area contributed by atoms with Gasteiger partial charge in [0.05, 0.1) is 12.1 Å². The van der Waals surface area contributed by atoms with Crippen LogP contribution in [0.25, 0.3) is 0 Å². The molecule has 2 amide bonds. The molecule has 0 bridgehead atoms. The summed E-state index contributed by atoms with van der Waals surface area (Å²) >= 11 is 0. The largest absolute Gasteiger partial charge is 0.507 e. The van der Waals surface area contributed by atoms with Crippen molar-refractivity contribution in [3.63, 3.8) is 0 Å². The maximum atomic E-state index is 11.8. The molecule has 1 unspecified atom stereocenters. The van der Waals surface area contributed by atoms with Crippen molar-refractivity contribution in [2.24, 2.45) is 0 Å². The minimum absolute atomic E-state index is 0.0447. The summed E-state index contributed by atoms with van der Waals surface area (Å²) in [5, 5.41) is 12.1. The highest BCUT2D eigenvalue weighted by atomic mass is 16.3. The Kier molecular flexibility index (Phi) is 3.74. The van der Waals surface area contributed by atoms with Crippen LogP contribution in [-0.4, -0.2) is 35.3 Å². The molecule has 0 saturated carbocycles. The van der Waals surface area contributed by atoms with Crippen LogP contribution in [0.4, 0.5) is 5.69 Å². The van der Waals surface area contributed by atoms with E-state index in [0.717, 1.165) is 0 Å². The van der Waals surface area contributed by atoms with Gasteiger partial charge in [0.25, 0.3) is 0 Å². The third-order valence-corrected chi connectivity index (χ3v) is 3.33. The molecule has 1 aromatic carbocycles. The lowest BCUT2D eigenvalue weighted by Crippen LogP contribution is -2.58. The molecule has 1 atom stereocenters. The van der Waals surface area contributed by atoms with Crippen LogP contribution >= 0.6 is 0 Å². The highest BCUT2D eigenvalue weighted by molar-refractivity contribution is 6.05. The van der Waals surface area contributed by atoms with Gasteiger partial charge in [-0.3, -0.25) is 19.7 Å². The van der Waals surface area contributed by atoms with Gasteiger partial charge in [-0.1, -0.05) is 6.92 Å². The van der Waals surface area contributed by atoms with Crippen LogP contribution in [0.1, 0.15) is 30.6 Å². The van der Waals surface area contributed by atoms with E-state index in [0.29, 0.717) is 12.1 Å². The number of Topliss-reactive ketones (excluding diaryl/α,β-unsaturated/α-hetero) is 1. The van der Waals surface area contributed by atoms with Gasteiger partial charge in [0, 0.05) is 11.8 Å². The molecule has 0 radical (unpaired) electrons. The number of aromatic hydroxyl groups is 1. The van der Waals surface area contributed by atoms with Gasteiger partial charge in [-0.05, 0) is 25.5 Å². The lowest BCUT2D eigenvalue weighted by Gasteiger charge is -2.35. The van der Waals surface area contributed by atoms with E-state index in [1.807, 2.05) is 6.92 Å². The van der Waals surface area contributed by atoms with E-state index in [1.54, 1.807) is 11.0 Å². The number of ketones is 1. The van der Waals surface area contributed by atoms with E-state index < -0.39 is 6.04 Å². The number of hydrogen-bond acceptors (Lipinski definition) is 5. The van der Waals surface area contributed by atoms with Crippen LogP contribution in [0.2, 0.25) is 0 Å². The third-order valence-electron chi connectivity index (χ3n) is 3.33. The molecule has 1 aliphatic heterocycles. The zero-order valence-electron chi connectivity index (χ0n) is 11.3. The first kappa shape index (κ1) is 14.0. The SMILES string of the molecule is CCC1C(=O)NC(=O)CN1c1ccc(C(C)=O)c(O)c1. The van der Waals surface area contributed by atoms with Crippen LogP contribution in [0.3, 0.4) is 0 Å². The number of benzene rings is 1. The van der Waals surface area contributed by atoms with Gasteiger partial charge in [0.1, 0.15) is 11.8 Å². The van der Waals surface area contributed by atoms with Crippen LogP contribution in [-0.2, 0) is 9.59 Å². The number of nitrogens with one attached hydrogen (secondary N) is 1. The Balaban J connectivity index is 2.38. The average molecular weight is 276 g/mol. The predicted molar refractivity (Wildman–Crippen MR) is 72.7 cm³/mol. The number of carbonyl (C=O) groups excluding carboxylic acids is 3. The van der Waals surface area contributed by atoms with Crippen molar-refractivity contribution in [3.05, 3.63) is 23.8 Å². The molecule has 1 aromatic rings. The second kappa shape index (κ2) is 5.32. The van der Waals surface area contributed by atoms with Crippen LogP contribution < -0.4 is 10.2 Å². The Bertz CT molecular complexity index is 583. The third kappa shape index (κ3) is 2.49. The van der Waals surface area contributed by atoms with Crippen molar-refractivity contribution in [3.8, 4) is 5.75 Å². The first-order valence-corrected chi connectivity index (χ1v) is 6.38. The molecule has 1 aliphatic rings. The lowest BCUT2D eigenvalue weighted by atomic mass is 10.1. The van der Waals surface area contributed by atoms with E-state index in [2.05, 4.69) is 5.32 Å². The summed E-state index contributed by atoms with van der Waals surface area (Å²) in [6.45, 7) is 3.25. The summed E-state index contributed by atoms with van der Waals surface area (Å²) in [4.78, 5) is 36.2. The van der Waals surface area contributed by atoms with Crippen molar-refractivity contribution >= 4 is 23.3 Å². The standard InChI is InChI=1S/C14H16N2O4/c1-3-11-14(20)15-13(19)7-16(11)9-4-5-10(8(2)17)12(18)6-9/h4-6,11,18H,3,7H2,1-2H3,(H,15,19,20). The number of carbonyl (C=O) groups is 3. The number of piperazine rings is 1. The highest BCUT2D eigenvalue weighted by Crippen LogP contribution is 2.27. The first-order chi connectivity index (χ1) is 9.43. The predicted octanol–water partition coefficient (Wildman–Crippen LogP) is 0.836. The molecule has 1 fully saturated rings. The van der Waals surface area contributed by atoms with E-state index in [1.165, 1.54) is 19.1 Å². The van der Waals surface area contributed by atoms with Crippen LogP contribution in [0.5, 0.6) is 5.75 Å². The Morgan fingerprint density at radius 1 is 1.45 bits per heavy atom. The van der Waals surface area contributed by atoms with Crippen LogP contribution in [0.15, 0.2) is 18.2 Å². The van der Waals surface area contributed by atoms with E-state index >= 15 is 0 Å². The maximum Gasteiger partial charge on any atom is 0.249 e. The molecule has 2 rings (SSSR count). The fourth-order valence-electron chi connectivity index (χ4n) is 2.34. The van der Waals surface area contributed by atoms with Gasteiger partial charge in [-0.25, -0.2) is 0 Å². The monoisotopic (exact) mass is 276 g/mol. The van der Waals surface area contributed by atoms with Crippen LogP contribution in [0, 0.1) is 0 Å². The molecule has 2 N–H and O–H groups in total. The zero-order chi connectivity index (χ0) is 14.9. The van der Waals surface area contributed by atoms with Gasteiger partial charge in [-0.2, -0.15) is 0 Å². The number of nitrogens with zero attached hydrogens (tertiary/aromatic N) is 1. The van der Waals surface area contributed by atoms with Gasteiger partial charge in [0.15, 0.2) is 5.78 Å². The Labute approximate surface area is 116 Å². The zero-order valence-corrected chi connectivity index (χ0v) is 11.3.